The van der Waals surface area contributed by atoms with Crippen molar-refractivity contribution in [3.63, 3.8) is 0 Å². The van der Waals surface area contributed by atoms with Crippen LogP contribution in [0.2, 0.25) is 0 Å². The van der Waals surface area contributed by atoms with Gasteiger partial charge in [-0.05, 0) is 42.9 Å². The van der Waals surface area contributed by atoms with E-state index in [1.165, 1.54) is 54.7 Å². The van der Waals surface area contributed by atoms with Gasteiger partial charge in [-0.25, -0.2) is 4.68 Å². The van der Waals surface area contributed by atoms with Crippen molar-refractivity contribution < 1.29 is 0 Å². The number of benzene rings is 1. The molecule has 1 aromatic heterocycles. The summed E-state index contributed by atoms with van der Waals surface area (Å²) in [6.45, 7) is 0. The summed E-state index contributed by atoms with van der Waals surface area (Å²) in [7, 11) is 0. The molecule has 2 heterocycles. The van der Waals surface area contributed by atoms with E-state index in [0.29, 0.717) is 0 Å². The summed E-state index contributed by atoms with van der Waals surface area (Å²) in [6.07, 6.45) is 7.50. The zero-order valence-electron chi connectivity index (χ0n) is 9.95. The van der Waals surface area contributed by atoms with Crippen LogP contribution in [0.3, 0.4) is 0 Å². The van der Waals surface area contributed by atoms with E-state index in [4.69, 9.17) is 5.10 Å². The van der Waals surface area contributed by atoms with Gasteiger partial charge in [0.25, 0.3) is 0 Å². The predicted octanol–water partition coefficient (Wildman–Crippen LogP) is 3.05. The fourth-order valence-corrected chi connectivity index (χ4v) is 3.22. The highest BCUT2D eigenvalue weighted by molar-refractivity contribution is 5.52. The number of rotatable bonds is 0. The molecule has 2 aromatic rings. The van der Waals surface area contributed by atoms with Crippen LogP contribution in [0.15, 0.2) is 24.3 Å². The molecule has 2 heteroatoms. The summed E-state index contributed by atoms with van der Waals surface area (Å²) >= 11 is 0. The molecule has 0 atom stereocenters. The van der Waals surface area contributed by atoms with E-state index in [-0.39, 0.29) is 0 Å². The molecule has 0 unspecified atom stereocenters. The van der Waals surface area contributed by atoms with Gasteiger partial charge in [0.2, 0.25) is 0 Å². The summed E-state index contributed by atoms with van der Waals surface area (Å²) in [5, 5.41) is 4.85. The summed E-state index contributed by atoms with van der Waals surface area (Å²) in [6, 6.07) is 8.66. The maximum atomic E-state index is 4.85. The Labute approximate surface area is 101 Å². The fourth-order valence-electron chi connectivity index (χ4n) is 3.22. The smallest absolute Gasteiger partial charge is 0.0685 e. The molecule has 2 aliphatic rings. The Morgan fingerprint density at radius 2 is 1.88 bits per heavy atom. The molecule has 1 aromatic carbocycles. The van der Waals surface area contributed by atoms with Gasteiger partial charge in [-0.1, -0.05) is 24.6 Å². The largest absolute Gasteiger partial charge is 0.237 e. The lowest BCUT2D eigenvalue weighted by molar-refractivity contribution is 0.692. The van der Waals surface area contributed by atoms with E-state index in [2.05, 4.69) is 28.9 Å². The molecular formula is C15H16N2. The molecule has 0 bridgehead atoms. The van der Waals surface area contributed by atoms with Crippen LogP contribution in [0.5, 0.6) is 0 Å². The van der Waals surface area contributed by atoms with Crippen LogP contribution in [0, 0.1) is 0 Å². The quantitative estimate of drug-likeness (QED) is 0.537. The third-order valence-corrected chi connectivity index (χ3v) is 4.09. The van der Waals surface area contributed by atoms with E-state index in [9.17, 15) is 0 Å². The van der Waals surface area contributed by atoms with E-state index < -0.39 is 0 Å². The van der Waals surface area contributed by atoms with Crippen LogP contribution < -0.4 is 0 Å². The second kappa shape index (κ2) is 3.46. The Balaban J connectivity index is 1.90. The van der Waals surface area contributed by atoms with Crippen LogP contribution in [0.25, 0.3) is 5.69 Å². The Bertz CT molecular complexity index is 581. The van der Waals surface area contributed by atoms with E-state index in [1.807, 2.05) is 0 Å². The molecule has 17 heavy (non-hydrogen) atoms. The Hall–Kier alpha value is -1.57. The minimum atomic E-state index is 1.08. The van der Waals surface area contributed by atoms with Crippen molar-refractivity contribution in [1.82, 2.24) is 9.78 Å². The SMILES string of the molecule is c1ccc2c(c1)Cc1c3c(nn1-2)CCCCC3. The van der Waals surface area contributed by atoms with Crippen LogP contribution in [-0.2, 0) is 19.3 Å². The molecule has 1 aliphatic carbocycles. The second-order valence-corrected chi connectivity index (χ2v) is 5.15. The number of hydrogen-bond donors (Lipinski definition) is 0. The second-order valence-electron chi connectivity index (χ2n) is 5.15. The molecule has 1 aliphatic heterocycles. The molecule has 0 fully saturated rings. The van der Waals surface area contributed by atoms with Crippen molar-refractivity contribution in [1.29, 1.82) is 0 Å². The van der Waals surface area contributed by atoms with Gasteiger partial charge in [0.15, 0.2) is 0 Å². The average molecular weight is 224 g/mol. The van der Waals surface area contributed by atoms with Gasteiger partial charge in [-0.3, -0.25) is 0 Å². The summed E-state index contributed by atoms with van der Waals surface area (Å²) in [5.41, 5.74) is 7.12. The first-order chi connectivity index (χ1) is 8.43. The van der Waals surface area contributed by atoms with Crippen molar-refractivity contribution >= 4 is 0 Å². The minimum Gasteiger partial charge on any atom is -0.237 e. The highest BCUT2D eigenvalue weighted by Gasteiger charge is 2.26. The standard InChI is InChI=1S/C15H16N2/c1-2-7-12-13(8-3-1)16-17-14-9-5-4-6-11(14)10-15(12)17/h4-6,9H,1-3,7-8,10H2. The molecule has 0 radical (unpaired) electrons. The van der Waals surface area contributed by atoms with Crippen molar-refractivity contribution in [3.05, 3.63) is 46.8 Å². The number of aromatic nitrogens is 2. The molecular weight excluding hydrogens is 208 g/mol. The van der Waals surface area contributed by atoms with Gasteiger partial charge < -0.3 is 0 Å². The van der Waals surface area contributed by atoms with Crippen molar-refractivity contribution in [2.75, 3.05) is 0 Å². The minimum absolute atomic E-state index is 1.08. The van der Waals surface area contributed by atoms with E-state index >= 15 is 0 Å². The van der Waals surface area contributed by atoms with Gasteiger partial charge in [-0.2, -0.15) is 5.10 Å². The third kappa shape index (κ3) is 1.30. The first kappa shape index (κ1) is 9.46. The van der Waals surface area contributed by atoms with Crippen molar-refractivity contribution in [3.8, 4) is 5.69 Å². The summed E-state index contributed by atoms with van der Waals surface area (Å²) in [5.74, 6) is 0. The maximum absolute atomic E-state index is 4.85. The highest BCUT2D eigenvalue weighted by Crippen LogP contribution is 2.33. The zero-order chi connectivity index (χ0) is 11.2. The van der Waals surface area contributed by atoms with Crippen LogP contribution in [-0.4, -0.2) is 9.78 Å². The average Bonchev–Trinajstić information content (AvgIpc) is 2.77. The molecule has 0 saturated carbocycles. The van der Waals surface area contributed by atoms with E-state index in [1.54, 1.807) is 5.56 Å². The monoisotopic (exact) mass is 224 g/mol. The Kier molecular flexibility index (Phi) is 1.92. The van der Waals surface area contributed by atoms with Crippen molar-refractivity contribution in [2.45, 2.75) is 38.5 Å². The maximum Gasteiger partial charge on any atom is 0.0685 e. The van der Waals surface area contributed by atoms with E-state index in [0.717, 1.165) is 6.42 Å². The number of aryl methyl sites for hydroxylation is 1. The molecule has 0 spiro atoms. The molecule has 0 saturated heterocycles. The molecule has 86 valence electrons. The van der Waals surface area contributed by atoms with Gasteiger partial charge >= 0.3 is 0 Å². The summed E-state index contributed by atoms with van der Waals surface area (Å²) in [4.78, 5) is 0. The predicted molar refractivity (Wildman–Crippen MR) is 67.6 cm³/mol. The van der Waals surface area contributed by atoms with Gasteiger partial charge in [-0.15, -0.1) is 0 Å². The highest BCUT2D eigenvalue weighted by atomic mass is 15.3. The number of para-hydroxylation sites is 1. The lowest BCUT2D eigenvalue weighted by Crippen LogP contribution is -1.95. The molecule has 4 rings (SSSR count). The Morgan fingerprint density at radius 1 is 1.00 bits per heavy atom. The first-order valence-corrected chi connectivity index (χ1v) is 6.61. The Morgan fingerprint density at radius 3 is 2.88 bits per heavy atom. The van der Waals surface area contributed by atoms with Gasteiger partial charge in [0.05, 0.1) is 17.1 Å². The topological polar surface area (TPSA) is 17.8 Å². The van der Waals surface area contributed by atoms with Gasteiger partial charge in [0, 0.05) is 6.42 Å². The molecule has 0 amide bonds. The number of nitrogens with zero attached hydrogens (tertiary/aromatic N) is 2. The molecule has 0 N–H and O–H groups in total. The fraction of sp³-hybridized carbons (Fsp3) is 0.400. The lowest BCUT2D eigenvalue weighted by atomic mass is 10.0. The first-order valence-electron chi connectivity index (χ1n) is 6.61. The van der Waals surface area contributed by atoms with Crippen LogP contribution in [0.1, 0.15) is 41.8 Å². The van der Waals surface area contributed by atoms with Gasteiger partial charge in [0.1, 0.15) is 0 Å². The number of hydrogen-bond acceptors (Lipinski definition) is 1. The van der Waals surface area contributed by atoms with Crippen molar-refractivity contribution in [2.24, 2.45) is 0 Å². The van der Waals surface area contributed by atoms with Crippen LogP contribution in [0.4, 0.5) is 0 Å². The van der Waals surface area contributed by atoms with Crippen LogP contribution >= 0.6 is 0 Å². The zero-order valence-corrected chi connectivity index (χ0v) is 9.95. The molecule has 2 nitrogen and oxygen atoms in total. The lowest BCUT2D eigenvalue weighted by Gasteiger charge is -1.99. The normalized spacial score (nSPS) is 17.2. The third-order valence-electron chi connectivity index (χ3n) is 4.09. The summed E-state index contributed by atoms with van der Waals surface area (Å²) < 4.78 is 2.20. The number of fused-ring (bicyclic) bond motifs is 5.